The molecule has 0 radical (unpaired) electrons. The molecule has 1 aromatic heterocycles. The van der Waals surface area contributed by atoms with Gasteiger partial charge in [-0.05, 0) is 50.5 Å². The van der Waals surface area contributed by atoms with Gasteiger partial charge in [0.25, 0.3) is 0 Å². The van der Waals surface area contributed by atoms with Crippen molar-refractivity contribution in [1.82, 2.24) is 9.78 Å². The fourth-order valence-electron chi connectivity index (χ4n) is 3.37. The first kappa shape index (κ1) is 17.6. The first-order valence-electron chi connectivity index (χ1n) is 8.83. The number of hydrogen-bond donors (Lipinski definition) is 2. The van der Waals surface area contributed by atoms with E-state index in [0.717, 1.165) is 54.3 Å². The Hall–Kier alpha value is -2.21. The van der Waals surface area contributed by atoms with Crippen LogP contribution in [0, 0.1) is 6.92 Å². The zero-order valence-corrected chi connectivity index (χ0v) is 15.2. The second kappa shape index (κ2) is 7.78. The topological polar surface area (TPSA) is 68.5 Å². The Labute approximate surface area is 148 Å². The lowest BCUT2D eigenvalue weighted by atomic mass is 9.95. The fraction of sp³-hybridized carbons (Fsp3) is 0.526. The van der Waals surface area contributed by atoms with E-state index in [2.05, 4.69) is 10.4 Å². The van der Waals surface area contributed by atoms with E-state index in [1.807, 2.05) is 38.2 Å². The first-order valence-corrected chi connectivity index (χ1v) is 8.83. The van der Waals surface area contributed by atoms with Crippen molar-refractivity contribution in [2.75, 3.05) is 12.4 Å². The van der Waals surface area contributed by atoms with E-state index in [1.54, 1.807) is 11.8 Å². The Kier molecular flexibility index (Phi) is 5.48. The van der Waals surface area contributed by atoms with Crippen molar-refractivity contribution in [2.24, 2.45) is 7.05 Å². The molecule has 136 valence electrons. The van der Waals surface area contributed by atoms with Gasteiger partial charge >= 0.3 is 0 Å². The molecule has 0 spiro atoms. The molecule has 1 fully saturated rings. The summed E-state index contributed by atoms with van der Waals surface area (Å²) >= 11 is 0. The van der Waals surface area contributed by atoms with Gasteiger partial charge in [0.05, 0.1) is 24.5 Å². The van der Waals surface area contributed by atoms with E-state index in [0.29, 0.717) is 6.54 Å². The second-order valence-electron chi connectivity index (χ2n) is 6.58. The van der Waals surface area contributed by atoms with E-state index in [1.165, 1.54) is 0 Å². The van der Waals surface area contributed by atoms with Crippen LogP contribution in [0.3, 0.4) is 0 Å². The van der Waals surface area contributed by atoms with E-state index >= 15 is 0 Å². The van der Waals surface area contributed by atoms with Crippen LogP contribution in [0.5, 0.6) is 11.6 Å². The molecule has 25 heavy (non-hydrogen) atoms. The molecule has 0 amide bonds. The van der Waals surface area contributed by atoms with Crippen LogP contribution >= 0.6 is 0 Å². The smallest absolute Gasteiger partial charge is 0.216 e. The summed E-state index contributed by atoms with van der Waals surface area (Å²) in [5.74, 6) is 1.57. The number of aromatic nitrogens is 2. The zero-order chi connectivity index (χ0) is 17.8. The van der Waals surface area contributed by atoms with Gasteiger partial charge in [-0.1, -0.05) is 6.42 Å². The van der Waals surface area contributed by atoms with Crippen molar-refractivity contribution in [3.8, 4) is 11.6 Å². The molecule has 6 heteroatoms. The normalized spacial score (nSPS) is 20.3. The highest BCUT2D eigenvalue weighted by Gasteiger charge is 2.24. The lowest BCUT2D eigenvalue weighted by molar-refractivity contribution is 0.00688. The molecule has 1 aromatic carbocycles. The molecule has 3 rings (SSSR count). The van der Waals surface area contributed by atoms with Crippen LogP contribution in [0.1, 0.15) is 36.9 Å². The van der Waals surface area contributed by atoms with Crippen molar-refractivity contribution in [3.05, 3.63) is 35.5 Å². The predicted molar refractivity (Wildman–Crippen MR) is 97.2 cm³/mol. The Morgan fingerprint density at radius 3 is 2.64 bits per heavy atom. The van der Waals surface area contributed by atoms with Gasteiger partial charge in [-0.3, -0.25) is 0 Å². The van der Waals surface area contributed by atoms with Crippen molar-refractivity contribution in [3.63, 3.8) is 0 Å². The van der Waals surface area contributed by atoms with Gasteiger partial charge in [0.15, 0.2) is 0 Å². The third-order valence-corrected chi connectivity index (χ3v) is 4.76. The monoisotopic (exact) mass is 345 g/mol. The maximum atomic E-state index is 10.0. The molecule has 1 heterocycles. The number of benzene rings is 1. The number of hydrogen-bond acceptors (Lipinski definition) is 5. The number of nitrogens with zero attached hydrogens (tertiary/aromatic N) is 2. The van der Waals surface area contributed by atoms with Gasteiger partial charge in [0.1, 0.15) is 11.9 Å². The SMILES string of the molecule is COc1c(CNc2ccc(OC3CCCCC3O)cc2)c(C)nn1C. The molecule has 0 aliphatic heterocycles. The van der Waals surface area contributed by atoms with Crippen molar-refractivity contribution < 1.29 is 14.6 Å². The maximum Gasteiger partial charge on any atom is 0.216 e. The summed E-state index contributed by atoms with van der Waals surface area (Å²) in [6.45, 7) is 2.62. The standard InChI is InChI=1S/C19H27N3O3/c1-13-16(19(24-3)22(2)21-13)12-20-14-8-10-15(11-9-14)25-18-7-5-4-6-17(18)23/h8-11,17-18,20,23H,4-7,12H2,1-3H3. The molecule has 0 bridgehead atoms. The third-order valence-electron chi connectivity index (χ3n) is 4.76. The summed E-state index contributed by atoms with van der Waals surface area (Å²) in [5, 5.41) is 17.8. The second-order valence-corrected chi connectivity index (χ2v) is 6.58. The molecule has 2 aromatic rings. The molecule has 2 N–H and O–H groups in total. The summed E-state index contributed by atoms with van der Waals surface area (Å²) in [5.41, 5.74) is 3.01. The Morgan fingerprint density at radius 1 is 1.24 bits per heavy atom. The number of aliphatic hydroxyl groups is 1. The van der Waals surface area contributed by atoms with Gasteiger partial charge in [-0.25, -0.2) is 4.68 Å². The largest absolute Gasteiger partial charge is 0.488 e. The summed E-state index contributed by atoms with van der Waals surface area (Å²) in [6, 6.07) is 7.86. The highest BCUT2D eigenvalue weighted by molar-refractivity contribution is 5.48. The Morgan fingerprint density at radius 2 is 1.96 bits per heavy atom. The minimum atomic E-state index is -0.354. The quantitative estimate of drug-likeness (QED) is 0.842. The number of aryl methyl sites for hydroxylation is 2. The number of methoxy groups -OCH3 is 1. The number of nitrogens with one attached hydrogen (secondary N) is 1. The van der Waals surface area contributed by atoms with E-state index < -0.39 is 0 Å². The van der Waals surface area contributed by atoms with Crippen LogP contribution < -0.4 is 14.8 Å². The maximum absolute atomic E-state index is 10.0. The van der Waals surface area contributed by atoms with E-state index in [4.69, 9.17) is 9.47 Å². The predicted octanol–water partition coefficient (Wildman–Crippen LogP) is 3.03. The van der Waals surface area contributed by atoms with E-state index in [9.17, 15) is 5.11 Å². The van der Waals surface area contributed by atoms with Crippen molar-refractivity contribution in [1.29, 1.82) is 0 Å². The number of anilines is 1. The minimum absolute atomic E-state index is 0.0881. The van der Waals surface area contributed by atoms with Gasteiger partial charge in [0, 0.05) is 19.3 Å². The lowest BCUT2D eigenvalue weighted by Gasteiger charge is -2.28. The van der Waals surface area contributed by atoms with Gasteiger partial charge in [0.2, 0.25) is 5.88 Å². The van der Waals surface area contributed by atoms with Gasteiger partial charge < -0.3 is 19.9 Å². The number of ether oxygens (including phenoxy) is 2. The van der Waals surface area contributed by atoms with Crippen molar-refractivity contribution in [2.45, 2.75) is 51.4 Å². The molecule has 6 nitrogen and oxygen atoms in total. The molecule has 0 saturated heterocycles. The average molecular weight is 345 g/mol. The van der Waals surface area contributed by atoms with Crippen LogP contribution in [-0.4, -0.2) is 34.2 Å². The summed E-state index contributed by atoms with van der Waals surface area (Å²) in [7, 11) is 3.53. The highest BCUT2D eigenvalue weighted by atomic mass is 16.5. The number of rotatable bonds is 6. The van der Waals surface area contributed by atoms with Crippen LogP contribution in [-0.2, 0) is 13.6 Å². The van der Waals surface area contributed by atoms with Crippen LogP contribution in [0.15, 0.2) is 24.3 Å². The van der Waals surface area contributed by atoms with Crippen LogP contribution in [0.2, 0.25) is 0 Å². The minimum Gasteiger partial charge on any atom is -0.488 e. The molecule has 1 aliphatic rings. The summed E-state index contributed by atoms with van der Waals surface area (Å²) in [6.07, 6.45) is 3.51. The summed E-state index contributed by atoms with van der Waals surface area (Å²) in [4.78, 5) is 0. The third kappa shape index (κ3) is 4.07. The molecule has 1 aliphatic carbocycles. The summed E-state index contributed by atoms with van der Waals surface area (Å²) < 4.78 is 13.1. The molecular formula is C19H27N3O3. The fourth-order valence-corrected chi connectivity index (χ4v) is 3.37. The lowest BCUT2D eigenvalue weighted by Crippen LogP contribution is -2.34. The number of aliphatic hydroxyl groups excluding tert-OH is 1. The average Bonchev–Trinajstić information content (AvgIpc) is 2.89. The molecule has 1 saturated carbocycles. The Balaban J connectivity index is 1.59. The van der Waals surface area contributed by atoms with Crippen LogP contribution in [0.4, 0.5) is 5.69 Å². The zero-order valence-electron chi connectivity index (χ0n) is 15.2. The molecule has 2 atom stereocenters. The Bertz CT molecular complexity index is 697. The molecular weight excluding hydrogens is 318 g/mol. The molecule has 2 unspecified atom stereocenters. The van der Waals surface area contributed by atoms with E-state index in [-0.39, 0.29) is 12.2 Å². The van der Waals surface area contributed by atoms with Gasteiger partial charge in [-0.15, -0.1) is 0 Å². The van der Waals surface area contributed by atoms with Crippen LogP contribution in [0.25, 0.3) is 0 Å². The van der Waals surface area contributed by atoms with Crippen molar-refractivity contribution >= 4 is 5.69 Å². The van der Waals surface area contributed by atoms with Gasteiger partial charge in [-0.2, -0.15) is 5.10 Å². The highest BCUT2D eigenvalue weighted by Crippen LogP contribution is 2.26. The first-order chi connectivity index (χ1) is 12.1.